The van der Waals surface area contributed by atoms with Crippen molar-refractivity contribution in [3.8, 4) is 17.9 Å². The van der Waals surface area contributed by atoms with E-state index in [9.17, 15) is 9.59 Å². The highest BCUT2D eigenvalue weighted by Gasteiger charge is 2.20. The van der Waals surface area contributed by atoms with Crippen molar-refractivity contribution in [1.29, 1.82) is 5.26 Å². The summed E-state index contributed by atoms with van der Waals surface area (Å²) in [5.41, 5.74) is 2.99. The van der Waals surface area contributed by atoms with E-state index in [1.165, 1.54) is 11.0 Å². The zero-order valence-electron chi connectivity index (χ0n) is 24.3. The van der Waals surface area contributed by atoms with Crippen molar-refractivity contribution < 1.29 is 9.59 Å². The minimum atomic E-state index is -0.577. The molecule has 40 heavy (non-hydrogen) atoms. The molecule has 3 N–H and O–H groups in total. The molecule has 0 bridgehead atoms. The number of hydrogen-bond donors (Lipinski definition) is 3. The van der Waals surface area contributed by atoms with Crippen LogP contribution in [-0.2, 0) is 9.59 Å². The summed E-state index contributed by atoms with van der Waals surface area (Å²) in [6, 6.07) is 7.05. The fourth-order valence-electron chi connectivity index (χ4n) is 3.45. The van der Waals surface area contributed by atoms with Gasteiger partial charge in [0.2, 0.25) is 17.8 Å². The molecule has 0 aliphatic carbocycles. The number of likely N-dealkylation sites (N-methyl/N-ethyl adjacent to an activating group) is 2. The molecule has 0 aliphatic rings. The molecule has 0 fully saturated rings. The molecular weight excluding hydrogens is 504 g/mol. The number of amides is 2. The van der Waals surface area contributed by atoms with Crippen LogP contribution in [0.5, 0.6) is 0 Å². The fraction of sp³-hybridized carbons (Fsp3) is 0.433. The van der Waals surface area contributed by atoms with E-state index in [2.05, 4.69) is 50.8 Å². The monoisotopic (exact) mass is 544 g/mol. The number of carbonyl (C=O) groups excluding carboxylic acids is 2. The van der Waals surface area contributed by atoms with Crippen LogP contribution >= 0.6 is 0 Å². The maximum absolute atomic E-state index is 12.5. The molecule has 0 saturated carbocycles. The van der Waals surface area contributed by atoms with Gasteiger partial charge in [0.05, 0.1) is 23.4 Å². The van der Waals surface area contributed by atoms with Gasteiger partial charge in [0.15, 0.2) is 0 Å². The number of benzene rings is 1. The van der Waals surface area contributed by atoms with Crippen LogP contribution in [-0.4, -0.2) is 78.4 Å². The van der Waals surface area contributed by atoms with Gasteiger partial charge < -0.3 is 25.8 Å². The molecule has 0 aliphatic heterocycles. The van der Waals surface area contributed by atoms with E-state index in [1.807, 2.05) is 38.1 Å². The van der Waals surface area contributed by atoms with E-state index in [4.69, 9.17) is 5.26 Å². The number of nitrogens with one attached hydrogen (secondary N) is 3. The van der Waals surface area contributed by atoms with Crippen LogP contribution in [0.2, 0.25) is 0 Å². The molecular formula is C30H40N8O2. The first kappa shape index (κ1) is 31.8. The van der Waals surface area contributed by atoms with Crippen molar-refractivity contribution in [1.82, 2.24) is 25.1 Å². The highest BCUT2D eigenvalue weighted by molar-refractivity contribution is 5.92. The van der Waals surface area contributed by atoms with Gasteiger partial charge in [0.1, 0.15) is 11.9 Å². The van der Waals surface area contributed by atoms with Crippen molar-refractivity contribution in [3.63, 3.8) is 0 Å². The maximum Gasteiger partial charge on any atom is 0.246 e. The van der Waals surface area contributed by atoms with Gasteiger partial charge in [-0.1, -0.05) is 24.8 Å². The number of hydrogen-bond acceptors (Lipinski definition) is 8. The Morgan fingerprint density at radius 1 is 1.18 bits per heavy atom. The molecule has 0 saturated heterocycles. The summed E-state index contributed by atoms with van der Waals surface area (Å²) in [6.45, 7) is 7.52. The third kappa shape index (κ3) is 10.4. The van der Waals surface area contributed by atoms with E-state index in [0.29, 0.717) is 48.8 Å². The Labute approximate surface area is 237 Å². The van der Waals surface area contributed by atoms with Crippen LogP contribution in [0, 0.1) is 30.1 Å². The summed E-state index contributed by atoms with van der Waals surface area (Å²) in [5, 5.41) is 18.5. The lowest BCUT2D eigenvalue weighted by atomic mass is 10.1. The molecule has 0 spiro atoms. The zero-order chi connectivity index (χ0) is 29.5. The molecule has 2 amide bonds. The van der Waals surface area contributed by atoms with Gasteiger partial charge in [0, 0.05) is 44.9 Å². The van der Waals surface area contributed by atoms with Crippen molar-refractivity contribution in [2.24, 2.45) is 0 Å². The normalized spacial score (nSPS) is 11.3. The molecule has 1 heterocycles. The second-order valence-electron chi connectivity index (χ2n) is 9.64. The number of anilines is 3. The molecule has 2 aromatic rings. The van der Waals surface area contributed by atoms with Crippen LogP contribution in [0.15, 0.2) is 36.5 Å². The van der Waals surface area contributed by atoms with Gasteiger partial charge in [-0.3, -0.25) is 9.59 Å². The van der Waals surface area contributed by atoms with E-state index >= 15 is 0 Å². The lowest BCUT2D eigenvalue weighted by molar-refractivity contribution is -0.135. The van der Waals surface area contributed by atoms with Crippen LogP contribution in [0.4, 0.5) is 17.5 Å². The van der Waals surface area contributed by atoms with E-state index in [-0.39, 0.29) is 11.8 Å². The summed E-state index contributed by atoms with van der Waals surface area (Å²) in [4.78, 5) is 37.1. The lowest BCUT2D eigenvalue weighted by Gasteiger charge is -2.23. The van der Waals surface area contributed by atoms with Crippen molar-refractivity contribution in [2.45, 2.75) is 46.1 Å². The molecule has 0 unspecified atom stereocenters. The lowest BCUT2D eigenvalue weighted by Crippen LogP contribution is -2.45. The van der Waals surface area contributed by atoms with Gasteiger partial charge in [-0.25, -0.2) is 4.98 Å². The summed E-state index contributed by atoms with van der Waals surface area (Å²) < 4.78 is 0. The highest BCUT2D eigenvalue weighted by Crippen LogP contribution is 2.20. The standard InChI is InChI=1S/C30H40N8O2/c1-7-16-32-28-25(21-34-30(36-28)35-26-15-14-24(20-31)22(2)19-26)12-9-8-10-17-33-29(40)23(3)38(6)27(39)13-11-18-37(4)5/h11,13-15,19,21,23H,7-8,10,16-18H2,1-6H3,(H,33,40)(H2,32,34,35,36)/t23-/m0/s1. The number of nitrogens with zero attached hydrogens (tertiary/aromatic N) is 5. The summed E-state index contributed by atoms with van der Waals surface area (Å²) in [6.07, 6.45) is 7.12. The smallest absolute Gasteiger partial charge is 0.246 e. The van der Waals surface area contributed by atoms with Gasteiger partial charge in [-0.15, -0.1) is 0 Å². The predicted molar refractivity (Wildman–Crippen MR) is 159 cm³/mol. The Balaban J connectivity index is 1.91. The van der Waals surface area contributed by atoms with Gasteiger partial charge in [0.25, 0.3) is 0 Å². The molecule has 0 radical (unpaired) electrons. The molecule has 212 valence electrons. The number of unbranched alkanes of at least 4 members (excludes halogenated alkanes) is 1. The summed E-state index contributed by atoms with van der Waals surface area (Å²) >= 11 is 0. The highest BCUT2D eigenvalue weighted by atomic mass is 16.2. The second kappa shape index (κ2) is 16.5. The summed E-state index contributed by atoms with van der Waals surface area (Å²) in [7, 11) is 5.46. The quantitative estimate of drug-likeness (QED) is 0.199. The van der Waals surface area contributed by atoms with Gasteiger partial charge in [-0.2, -0.15) is 10.2 Å². The number of aromatic nitrogens is 2. The molecule has 2 rings (SSSR count). The Hall–Kier alpha value is -4.41. The molecule has 10 heteroatoms. The average molecular weight is 545 g/mol. The first-order valence-electron chi connectivity index (χ1n) is 13.4. The van der Waals surface area contributed by atoms with Gasteiger partial charge >= 0.3 is 0 Å². The molecule has 1 aromatic heterocycles. The fourth-order valence-corrected chi connectivity index (χ4v) is 3.45. The van der Waals surface area contributed by atoms with Crippen LogP contribution in [0.25, 0.3) is 0 Å². The number of rotatable bonds is 13. The minimum absolute atomic E-state index is 0.204. The third-order valence-corrected chi connectivity index (χ3v) is 5.97. The maximum atomic E-state index is 12.5. The van der Waals surface area contributed by atoms with Crippen molar-refractivity contribution in [3.05, 3.63) is 53.2 Å². The van der Waals surface area contributed by atoms with E-state index < -0.39 is 6.04 Å². The van der Waals surface area contributed by atoms with E-state index in [0.717, 1.165) is 24.2 Å². The van der Waals surface area contributed by atoms with Gasteiger partial charge in [-0.05, 0) is 64.5 Å². The zero-order valence-corrected chi connectivity index (χ0v) is 24.3. The van der Waals surface area contributed by atoms with Crippen molar-refractivity contribution >= 4 is 29.3 Å². The SMILES string of the molecule is CCCNc1nc(Nc2ccc(C#N)c(C)c2)ncc1C#CCCCNC(=O)[C@H](C)N(C)C(=O)C=CCN(C)C. The largest absolute Gasteiger partial charge is 0.369 e. The minimum Gasteiger partial charge on any atom is -0.369 e. The Morgan fingerprint density at radius 3 is 2.62 bits per heavy atom. The Morgan fingerprint density at radius 2 is 1.95 bits per heavy atom. The second-order valence-corrected chi connectivity index (χ2v) is 9.64. The Kier molecular flexibility index (Phi) is 13.1. The predicted octanol–water partition coefficient (Wildman–Crippen LogP) is 3.43. The first-order chi connectivity index (χ1) is 19.2. The number of aryl methyl sites for hydroxylation is 1. The molecule has 1 atom stereocenters. The van der Waals surface area contributed by atoms with E-state index in [1.54, 1.807) is 32.3 Å². The van der Waals surface area contributed by atoms with Crippen LogP contribution in [0.1, 0.15) is 49.8 Å². The topological polar surface area (TPSA) is 126 Å². The first-order valence-corrected chi connectivity index (χ1v) is 13.4. The number of carbonyl (C=O) groups is 2. The van der Waals surface area contributed by atoms with Crippen molar-refractivity contribution in [2.75, 3.05) is 51.4 Å². The van der Waals surface area contributed by atoms with Crippen LogP contribution in [0.3, 0.4) is 0 Å². The third-order valence-electron chi connectivity index (χ3n) is 5.97. The summed E-state index contributed by atoms with van der Waals surface area (Å²) in [5.74, 6) is 6.93. The Bertz CT molecular complexity index is 1290. The average Bonchev–Trinajstić information content (AvgIpc) is 2.93. The molecule has 10 nitrogen and oxygen atoms in total. The molecule has 1 aromatic carbocycles. The number of nitriles is 1. The van der Waals surface area contributed by atoms with Crippen LogP contribution < -0.4 is 16.0 Å².